The number of fused-ring (bicyclic) bond motifs is 1. The Hall–Kier alpha value is -2.03. The van der Waals surface area contributed by atoms with Gasteiger partial charge in [-0.25, -0.2) is 0 Å². The first kappa shape index (κ1) is 13.0. The van der Waals surface area contributed by atoms with E-state index in [4.69, 9.17) is 0 Å². The van der Waals surface area contributed by atoms with Gasteiger partial charge in [-0.15, -0.1) is 0 Å². The number of aromatic nitrogens is 3. The summed E-state index contributed by atoms with van der Waals surface area (Å²) in [5.41, 5.74) is 5.13. The highest BCUT2D eigenvalue weighted by molar-refractivity contribution is 5.83. The molecule has 0 saturated carbocycles. The Morgan fingerprint density at radius 3 is 2.75 bits per heavy atom. The molecule has 3 heteroatoms. The van der Waals surface area contributed by atoms with Gasteiger partial charge >= 0.3 is 0 Å². The lowest BCUT2D eigenvalue weighted by Gasteiger charge is -2.10. The van der Waals surface area contributed by atoms with Gasteiger partial charge in [0.2, 0.25) is 0 Å². The molecule has 0 unspecified atom stereocenters. The second-order valence-electron chi connectivity index (χ2n) is 5.24. The Morgan fingerprint density at radius 1 is 1.15 bits per heavy atom. The number of hydrogen-bond acceptors (Lipinski definition) is 1. The largest absolute Gasteiger partial charge is 0.341 e. The first-order valence-electron chi connectivity index (χ1n) is 7.33. The second-order valence-corrected chi connectivity index (χ2v) is 5.24. The van der Waals surface area contributed by atoms with Gasteiger partial charge in [0, 0.05) is 12.7 Å². The first-order chi connectivity index (χ1) is 9.72. The molecular formula is C17H21N3. The van der Waals surface area contributed by atoms with E-state index in [0.717, 1.165) is 25.2 Å². The number of rotatable bonds is 4. The molecule has 0 aliphatic heterocycles. The van der Waals surface area contributed by atoms with Gasteiger partial charge in [0.05, 0.1) is 23.4 Å². The van der Waals surface area contributed by atoms with Gasteiger partial charge in [-0.05, 0) is 43.4 Å². The van der Waals surface area contributed by atoms with Crippen molar-refractivity contribution in [2.75, 3.05) is 0 Å². The quantitative estimate of drug-likeness (QED) is 0.705. The normalized spacial score (nSPS) is 11.3. The molecule has 3 rings (SSSR count). The van der Waals surface area contributed by atoms with E-state index in [9.17, 15) is 0 Å². The second kappa shape index (κ2) is 5.16. The molecule has 2 heterocycles. The van der Waals surface area contributed by atoms with Crippen molar-refractivity contribution in [1.29, 1.82) is 0 Å². The topological polar surface area (TPSA) is 22.8 Å². The average molecular weight is 267 g/mol. The molecule has 0 fully saturated rings. The van der Waals surface area contributed by atoms with Crippen molar-refractivity contribution in [1.82, 2.24) is 14.3 Å². The molecule has 104 valence electrons. The lowest BCUT2D eigenvalue weighted by atomic mass is 10.1. The molecule has 0 saturated heterocycles. The average Bonchev–Trinajstić information content (AvgIpc) is 3.03. The smallest absolute Gasteiger partial charge is 0.0645 e. The van der Waals surface area contributed by atoms with Crippen LogP contribution < -0.4 is 0 Å². The van der Waals surface area contributed by atoms with Crippen molar-refractivity contribution in [3.63, 3.8) is 0 Å². The molecule has 3 aromatic rings. The van der Waals surface area contributed by atoms with Crippen LogP contribution in [0.3, 0.4) is 0 Å². The number of aryl methyl sites for hydroxylation is 3. The minimum absolute atomic E-state index is 0.884. The van der Waals surface area contributed by atoms with Gasteiger partial charge < -0.3 is 4.57 Å². The van der Waals surface area contributed by atoms with E-state index in [1.807, 2.05) is 0 Å². The first-order valence-corrected chi connectivity index (χ1v) is 7.33. The molecule has 3 nitrogen and oxygen atoms in total. The molecule has 0 bridgehead atoms. The SMILES string of the molecule is CCc1cccc2ccn(Cc3cc(C)nn3CC)c12. The van der Waals surface area contributed by atoms with Crippen molar-refractivity contribution in [2.24, 2.45) is 0 Å². The van der Waals surface area contributed by atoms with Gasteiger partial charge in [-0.3, -0.25) is 4.68 Å². The fourth-order valence-corrected chi connectivity index (χ4v) is 2.93. The minimum Gasteiger partial charge on any atom is -0.341 e. The van der Waals surface area contributed by atoms with Gasteiger partial charge in [-0.2, -0.15) is 5.10 Å². The predicted molar refractivity (Wildman–Crippen MR) is 83.1 cm³/mol. The zero-order valence-electron chi connectivity index (χ0n) is 12.4. The Labute approximate surface area is 119 Å². The van der Waals surface area contributed by atoms with Crippen molar-refractivity contribution in [3.05, 3.63) is 53.5 Å². The van der Waals surface area contributed by atoms with Crippen LogP contribution in [-0.4, -0.2) is 14.3 Å². The lowest BCUT2D eigenvalue weighted by molar-refractivity contribution is 0.601. The Morgan fingerprint density at radius 2 is 2.00 bits per heavy atom. The van der Waals surface area contributed by atoms with E-state index in [0.29, 0.717) is 0 Å². The lowest BCUT2D eigenvalue weighted by Crippen LogP contribution is -2.07. The van der Waals surface area contributed by atoms with E-state index in [2.05, 4.69) is 71.6 Å². The molecule has 20 heavy (non-hydrogen) atoms. The number of nitrogens with zero attached hydrogens (tertiary/aromatic N) is 3. The van der Waals surface area contributed by atoms with Crippen molar-refractivity contribution in [2.45, 2.75) is 40.3 Å². The number of para-hydroxylation sites is 1. The molecular weight excluding hydrogens is 246 g/mol. The monoisotopic (exact) mass is 267 g/mol. The van der Waals surface area contributed by atoms with Crippen LogP contribution in [0, 0.1) is 6.92 Å². The Balaban J connectivity index is 2.06. The third-order valence-electron chi connectivity index (χ3n) is 3.87. The van der Waals surface area contributed by atoms with Gasteiger partial charge in [0.25, 0.3) is 0 Å². The van der Waals surface area contributed by atoms with E-state index in [-0.39, 0.29) is 0 Å². The summed E-state index contributed by atoms with van der Waals surface area (Å²) in [6.07, 6.45) is 3.25. The maximum absolute atomic E-state index is 4.54. The molecule has 0 atom stereocenters. The van der Waals surface area contributed by atoms with E-state index >= 15 is 0 Å². The predicted octanol–water partition coefficient (Wildman–Crippen LogP) is 3.78. The molecule has 0 aliphatic rings. The Kier molecular flexibility index (Phi) is 3.35. The van der Waals surface area contributed by atoms with Crippen LogP contribution in [0.4, 0.5) is 0 Å². The summed E-state index contributed by atoms with van der Waals surface area (Å²) < 4.78 is 4.44. The summed E-state index contributed by atoms with van der Waals surface area (Å²) in [5.74, 6) is 0. The molecule has 0 spiro atoms. The summed E-state index contributed by atoms with van der Waals surface area (Å²) in [7, 11) is 0. The van der Waals surface area contributed by atoms with Crippen LogP contribution in [0.15, 0.2) is 36.5 Å². The fourth-order valence-electron chi connectivity index (χ4n) is 2.93. The molecule has 0 amide bonds. The summed E-state index contributed by atoms with van der Waals surface area (Å²) in [4.78, 5) is 0. The molecule has 0 aliphatic carbocycles. The van der Waals surface area contributed by atoms with Crippen LogP contribution in [-0.2, 0) is 19.5 Å². The third-order valence-corrected chi connectivity index (χ3v) is 3.87. The van der Waals surface area contributed by atoms with E-state index < -0.39 is 0 Å². The number of benzene rings is 1. The van der Waals surface area contributed by atoms with Crippen molar-refractivity contribution >= 4 is 10.9 Å². The van der Waals surface area contributed by atoms with Crippen LogP contribution in [0.1, 0.15) is 30.8 Å². The summed E-state index contributed by atoms with van der Waals surface area (Å²) in [5, 5.41) is 5.86. The minimum atomic E-state index is 0.884. The van der Waals surface area contributed by atoms with Crippen LogP contribution in [0.5, 0.6) is 0 Å². The third kappa shape index (κ3) is 2.13. The maximum atomic E-state index is 4.54. The highest BCUT2D eigenvalue weighted by atomic mass is 15.3. The highest BCUT2D eigenvalue weighted by Gasteiger charge is 2.09. The van der Waals surface area contributed by atoms with Crippen LogP contribution in [0.2, 0.25) is 0 Å². The van der Waals surface area contributed by atoms with E-state index in [1.54, 1.807) is 0 Å². The van der Waals surface area contributed by atoms with Gasteiger partial charge in [-0.1, -0.05) is 25.1 Å². The molecule has 0 N–H and O–H groups in total. The standard InChI is InChI=1S/C17H21N3/c1-4-14-7-6-8-15-9-10-19(17(14)15)12-16-11-13(3)18-20(16)5-2/h6-11H,4-5,12H2,1-3H3. The summed E-state index contributed by atoms with van der Waals surface area (Å²) in [6, 6.07) is 10.9. The molecule has 1 aromatic carbocycles. The maximum Gasteiger partial charge on any atom is 0.0645 e. The van der Waals surface area contributed by atoms with Crippen molar-refractivity contribution < 1.29 is 0 Å². The Bertz CT molecular complexity index is 734. The summed E-state index contributed by atoms with van der Waals surface area (Å²) >= 11 is 0. The summed E-state index contributed by atoms with van der Waals surface area (Å²) in [6.45, 7) is 8.22. The van der Waals surface area contributed by atoms with Crippen LogP contribution in [0.25, 0.3) is 10.9 Å². The van der Waals surface area contributed by atoms with Crippen molar-refractivity contribution in [3.8, 4) is 0 Å². The van der Waals surface area contributed by atoms with Gasteiger partial charge in [0.1, 0.15) is 0 Å². The molecule has 2 aromatic heterocycles. The fraction of sp³-hybridized carbons (Fsp3) is 0.353. The highest BCUT2D eigenvalue weighted by Crippen LogP contribution is 2.22. The van der Waals surface area contributed by atoms with Gasteiger partial charge in [0.15, 0.2) is 0 Å². The zero-order chi connectivity index (χ0) is 14.1. The zero-order valence-corrected chi connectivity index (χ0v) is 12.4. The molecule has 0 radical (unpaired) electrons. The van der Waals surface area contributed by atoms with E-state index in [1.165, 1.54) is 22.2 Å². The van der Waals surface area contributed by atoms with Crippen LogP contribution >= 0.6 is 0 Å². The number of hydrogen-bond donors (Lipinski definition) is 0.